The molecule has 0 aliphatic carbocycles. The van der Waals surface area contributed by atoms with Crippen molar-refractivity contribution < 1.29 is 28.6 Å². The predicted octanol–water partition coefficient (Wildman–Crippen LogP) is 24.4. The van der Waals surface area contributed by atoms with Gasteiger partial charge in [-0.1, -0.05) is 351 Å². The molecular weight excluding hydrogens is 997 g/mol. The molecule has 0 aromatic carbocycles. The number of hydrogen-bond donors (Lipinski definition) is 0. The average molecular weight is 1130 g/mol. The fourth-order valence-electron chi connectivity index (χ4n) is 10.5. The Morgan fingerprint density at radius 2 is 0.481 bits per heavy atom. The van der Waals surface area contributed by atoms with Crippen LogP contribution in [0.5, 0.6) is 0 Å². The van der Waals surface area contributed by atoms with Gasteiger partial charge in [-0.3, -0.25) is 14.4 Å². The van der Waals surface area contributed by atoms with Crippen molar-refractivity contribution in [3.05, 3.63) is 72.9 Å². The summed E-state index contributed by atoms with van der Waals surface area (Å²) < 4.78 is 17.0. The Labute approximate surface area is 503 Å². The summed E-state index contributed by atoms with van der Waals surface area (Å²) in [4.78, 5) is 38.5. The second-order valence-electron chi connectivity index (χ2n) is 23.8. The van der Waals surface area contributed by atoms with Crippen molar-refractivity contribution in [3.8, 4) is 0 Å². The molecule has 0 aliphatic heterocycles. The Kier molecular flexibility index (Phi) is 66.6. The highest BCUT2D eigenvalue weighted by Crippen LogP contribution is 2.18. The number of hydrogen-bond acceptors (Lipinski definition) is 6. The highest BCUT2D eigenvalue weighted by molar-refractivity contribution is 5.71. The van der Waals surface area contributed by atoms with Gasteiger partial charge in [-0.05, 0) is 70.6 Å². The topological polar surface area (TPSA) is 78.9 Å². The third-order valence-corrected chi connectivity index (χ3v) is 15.7. The summed E-state index contributed by atoms with van der Waals surface area (Å²) in [7, 11) is 0. The molecule has 0 spiro atoms. The number of ether oxygens (including phenoxy) is 3. The van der Waals surface area contributed by atoms with Gasteiger partial charge in [0.05, 0.1) is 0 Å². The van der Waals surface area contributed by atoms with E-state index in [2.05, 4.69) is 93.7 Å². The van der Waals surface area contributed by atoms with Crippen molar-refractivity contribution in [1.29, 1.82) is 0 Å². The van der Waals surface area contributed by atoms with Gasteiger partial charge < -0.3 is 14.2 Å². The minimum Gasteiger partial charge on any atom is -0.462 e. The van der Waals surface area contributed by atoms with Crippen molar-refractivity contribution in [2.75, 3.05) is 13.2 Å². The van der Waals surface area contributed by atoms with Crippen molar-refractivity contribution in [3.63, 3.8) is 0 Å². The summed E-state index contributed by atoms with van der Waals surface area (Å²) in [6.45, 7) is 6.57. The van der Waals surface area contributed by atoms with Crippen LogP contribution in [0.15, 0.2) is 72.9 Å². The number of carbonyl (C=O) groups excluding carboxylic acids is 3. The highest BCUT2D eigenvalue weighted by Gasteiger charge is 2.19. The number of esters is 3. The van der Waals surface area contributed by atoms with Crippen LogP contribution in [0, 0.1) is 0 Å². The Bertz CT molecular complexity index is 1490. The van der Waals surface area contributed by atoms with Crippen LogP contribution in [0.3, 0.4) is 0 Å². The molecule has 81 heavy (non-hydrogen) atoms. The second kappa shape index (κ2) is 69.3. The Morgan fingerprint density at radius 1 is 0.259 bits per heavy atom. The van der Waals surface area contributed by atoms with Gasteiger partial charge in [-0.25, -0.2) is 0 Å². The Hall–Kier alpha value is -3.15. The lowest BCUT2D eigenvalue weighted by molar-refractivity contribution is -0.167. The molecule has 0 saturated heterocycles. The van der Waals surface area contributed by atoms with E-state index in [0.29, 0.717) is 19.3 Å². The number of unbranched alkanes of at least 4 members (excludes halogenated alkanes) is 42. The molecule has 0 heterocycles. The lowest BCUT2D eigenvalue weighted by Crippen LogP contribution is -2.30. The first-order valence-corrected chi connectivity index (χ1v) is 35.4. The van der Waals surface area contributed by atoms with Gasteiger partial charge in [0.15, 0.2) is 6.10 Å². The molecule has 0 rings (SSSR count). The zero-order valence-corrected chi connectivity index (χ0v) is 54.1. The van der Waals surface area contributed by atoms with Gasteiger partial charge in [0, 0.05) is 19.3 Å². The van der Waals surface area contributed by atoms with Crippen LogP contribution in [0.4, 0.5) is 0 Å². The van der Waals surface area contributed by atoms with E-state index in [1.54, 1.807) is 0 Å². The maximum absolute atomic E-state index is 13.0. The summed E-state index contributed by atoms with van der Waals surface area (Å²) >= 11 is 0. The molecule has 0 bridgehead atoms. The molecule has 1 atom stereocenters. The second-order valence-corrected chi connectivity index (χ2v) is 23.8. The number of carbonyl (C=O) groups is 3. The van der Waals surface area contributed by atoms with Gasteiger partial charge in [0.25, 0.3) is 0 Å². The quantitative estimate of drug-likeness (QED) is 0.0261. The van der Waals surface area contributed by atoms with E-state index >= 15 is 0 Å². The van der Waals surface area contributed by atoms with Gasteiger partial charge in [0.2, 0.25) is 0 Å². The van der Waals surface area contributed by atoms with Crippen LogP contribution >= 0.6 is 0 Å². The third-order valence-electron chi connectivity index (χ3n) is 15.7. The molecule has 0 aromatic heterocycles. The smallest absolute Gasteiger partial charge is 0.306 e. The summed E-state index contributed by atoms with van der Waals surface area (Å²) in [5.41, 5.74) is 0. The average Bonchev–Trinajstić information content (AvgIpc) is 3.47. The zero-order valence-electron chi connectivity index (χ0n) is 54.1. The predicted molar refractivity (Wildman–Crippen MR) is 353 cm³/mol. The Balaban J connectivity index is 4.36. The van der Waals surface area contributed by atoms with Gasteiger partial charge in [0.1, 0.15) is 13.2 Å². The van der Waals surface area contributed by atoms with Crippen LogP contribution < -0.4 is 0 Å². The maximum Gasteiger partial charge on any atom is 0.306 e. The fourth-order valence-corrected chi connectivity index (χ4v) is 10.5. The fraction of sp³-hybridized carbons (Fsp3) is 0.800. The van der Waals surface area contributed by atoms with Gasteiger partial charge >= 0.3 is 17.9 Å². The normalized spacial score (nSPS) is 12.5. The molecule has 0 N–H and O–H groups in total. The lowest BCUT2D eigenvalue weighted by atomic mass is 10.0. The number of allylic oxidation sites excluding steroid dienone is 12. The van der Waals surface area contributed by atoms with E-state index in [0.717, 1.165) is 109 Å². The van der Waals surface area contributed by atoms with Crippen molar-refractivity contribution in [2.24, 2.45) is 0 Å². The molecule has 0 saturated carbocycles. The van der Waals surface area contributed by atoms with Crippen molar-refractivity contribution >= 4 is 17.9 Å². The molecule has 0 aromatic rings. The van der Waals surface area contributed by atoms with E-state index in [1.807, 2.05) is 0 Å². The maximum atomic E-state index is 13.0. The van der Waals surface area contributed by atoms with Crippen LogP contribution in [0.1, 0.15) is 367 Å². The van der Waals surface area contributed by atoms with E-state index in [1.165, 1.54) is 218 Å². The summed E-state index contributed by atoms with van der Waals surface area (Å²) in [5, 5.41) is 0. The Morgan fingerprint density at radius 3 is 0.753 bits per heavy atom. The highest BCUT2D eigenvalue weighted by atomic mass is 16.6. The largest absolute Gasteiger partial charge is 0.462 e. The molecule has 1 unspecified atom stereocenters. The number of rotatable bonds is 65. The van der Waals surface area contributed by atoms with Crippen molar-refractivity contribution in [2.45, 2.75) is 374 Å². The van der Waals surface area contributed by atoms with Crippen molar-refractivity contribution in [1.82, 2.24) is 0 Å². The summed E-state index contributed by atoms with van der Waals surface area (Å²) in [6.07, 6.45) is 90.7. The molecule has 6 nitrogen and oxygen atoms in total. The third kappa shape index (κ3) is 67.5. The molecule has 0 radical (unpaired) electrons. The minimum atomic E-state index is -0.788. The molecule has 6 heteroatoms. The van der Waals surface area contributed by atoms with E-state index in [4.69, 9.17) is 14.2 Å². The zero-order chi connectivity index (χ0) is 58.5. The monoisotopic (exact) mass is 1130 g/mol. The molecule has 470 valence electrons. The first-order valence-electron chi connectivity index (χ1n) is 35.4. The lowest BCUT2D eigenvalue weighted by Gasteiger charge is -2.18. The summed E-state index contributed by atoms with van der Waals surface area (Å²) in [6, 6.07) is 0. The van der Waals surface area contributed by atoms with Crippen LogP contribution in [0.25, 0.3) is 0 Å². The molecule has 0 amide bonds. The van der Waals surface area contributed by atoms with Crippen LogP contribution in [-0.2, 0) is 28.6 Å². The summed E-state index contributed by atoms with van der Waals surface area (Å²) in [5.74, 6) is -0.881. The van der Waals surface area contributed by atoms with Crippen LogP contribution in [0.2, 0.25) is 0 Å². The minimum absolute atomic E-state index is 0.0811. The SMILES string of the molecule is CC/C=C\C/C=C\C/C=C\C/C=C\C/C=C\C/C=C\CCCCCCC(=O)OC(COC(=O)CCCCCCCCCCCCCCCCCC)COC(=O)CCCCCCCCCCCCCCCCCCCCCCCCCC. The standard InChI is InChI=1S/C75H134O6/c1-4-7-10-13-16-19-22-25-28-31-33-35-37-39-40-42-44-47-50-53-56-59-62-65-68-74(77)80-71-72(70-79-73(76)67-64-61-58-55-52-49-46-30-27-24-21-18-15-12-9-6-3)81-75(78)69-66-63-60-57-54-51-48-45-43-41-38-36-34-32-29-26-23-20-17-14-11-8-5-2/h8,11,17,20,26,29,34,36,41,43,48,51,72H,4-7,9-10,12-16,18-19,21-25,27-28,30-33,35,37-40,42,44-47,49-50,52-71H2,1-3H3/b11-8-,20-17-,29-26-,36-34-,43-41-,51-48-. The van der Waals surface area contributed by atoms with Gasteiger partial charge in [-0.15, -0.1) is 0 Å². The van der Waals surface area contributed by atoms with E-state index < -0.39 is 6.10 Å². The molecule has 0 aliphatic rings. The first-order chi connectivity index (χ1) is 40.0. The van der Waals surface area contributed by atoms with E-state index in [-0.39, 0.29) is 31.1 Å². The molecular formula is C75H134O6. The van der Waals surface area contributed by atoms with Crippen LogP contribution in [-0.4, -0.2) is 37.2 Å². The first kappa shape index (κ1) is 77.9. The molecule has 0 fully saturated rings. The van der Waals surface area contributed by atoms with Gasteiger partial charge in [-0.2, -0.15) is 0 Å². The van der Waals surface area contributed by atoms with E-state index in [9.17, 15) is 14.4 Å².